The van der Waals surface area contributed by atoms with E-state index in [1.165, 1.54) is 12.1 Å². The summed E-state index contributed by atoms with van der Waals surface area (Å²) in [6.07, 6.45) is -0.135. The standard InChI is InChI=1S/C10H13BFNO5/c12-8-4-7(18-5-11(16)17)2-1-6(8)3-9(13)10(14)15/h1-2,4,9,16-17H,3,5,13H2,(H,14,15). The molecule has 1 aromatic rings. The number of ether oxygens (including phenoxy) is 1. The Balaban J connectivity index is 2.70. The fourth-order valence-corrected chi connectivity index (χ4v) is 1.28. The molecule has 1 aromatic carbocycles. The molecule has 0 spiro atoms. The van der Waals surface area contributed by atoms with Gasteiger partial charge in [0.25, 0.3) is 0 Å². The van der Waals surface area contributed by atoms with Gasteiger partial charge in [0.15, 0.2) is 0 Å². The summed E-state index contributed by atoms with van der Waals surface area (Å²) in [6.45, 7) is -0.382. The molecule has 0 aromatic heterocycles. The van der Waals surface area contributed by atoms with Crippen molar-refractivity contribution in [1.82, 2.24) is 0 Å². The van der Waals surface area contributed by atoms with E-state index in [0.717, 1.165) is 6.07 Å². The molecule has 0 saturated heterocycles. The predicted molar refractivity (Wildman–Crippen MR) is 61.4 cm³/mol. The third kappa shape index (κ3) is 4.32. The summed E-state index contributed by atoms with van der Waals surface area (Å²) in [7, 11) is -1.65. The first-order chi connectivity index (χ1) is 8.40. The van der Waals surface area contributed by atoms with E-state index in [2.05, 4.69) is 0 Å². The van der Waals surface area contributed by atoms with Gasteiger partial charge in [0.2, 0.25) is 0 Å². The topological polar surface area (TPSA) is 113 Å². The Morgan fingerprint density at radius 1 is 1.50 bits per heavy atom. The summed E-state index contributed by atoms with van der Waals surface area (Å²) >= 11 is 0. The molecule has 0 aliphatic carbocycles. The van der Waals surface area contributed by atoms with Crippen LogP contribution in [0.5, 0.6) is 5.75 Å². The van der Waals surface area contributed by atoms with Crippen LogP contribution in [0.3, 0.4) is 0 Å². The molecule has 0 saturated carbocycles. The van der Waals surface area contributed by atoms with E-state index >= 15 is 0 Å². The van der Waals surface area contributed by atoms with Crippen LogP contribution in [0.25, 0.3) is 0 Å². The fourth-order valence-electron chi connectivity index (χ4n) is 1.28. The van der Waals surface area contributed by atoms with Gasteiger partial charge in [-0.25, -0.2) is 4.39 Å². The number of hydrogen-bond donors (Lipinski definition) is 4. The molecule has 5 N–H and O–H groups in total. The van der Waals surface area contributed by atoms with Gasteiger partial charge in [0, 0.05) is 12.5 Å². The highest BCUT2D eigenvalue weighted by molar-refractivity contribution is 6.40. The molecular weight excluding hydrogens is 244 g/mol. The second-order valence-corrected chi connectivity index (χ2v) is 3.69. The minimum Gasteiger partial charge on any atom is -0.496 e. The monoisotopic (exact) mass is 257 g/mol. The third-order valence-electron chi connectivity index (χ3n) is 2.18. The SMILES string of the molecule is NC(Cc1ccc(OCB(O)O)cc1F)C(=O)O. The van der Waals surface area contributed by atoms with Gasteiger partial charge in [-0.1, -0.05) is 6.07 Å². The smallest absolute Gasteiger partial charge is 0.491 e. The molecule has 0 amide bonds. The van der Waals surface area contributed by atoms with Gasteiger partial charge >= 0.3 is 13.1 Å². The summed E-state index contributed by atoms with van der Waals surface area (Å²) in [5, 5.41) is 25.8. The number of carbonyl (C=O) groups is 1. The van der Waals surface area contributed by atoms with Crippen molar-refractivity contribution in [1.29, 1.82) is 0 Å². The van der Waals surface area contributed by atoms with Crippen LogP contribution in [0.4, 0.5) is 4.39 Å². The Bertz CT molecular complexity index is 429. The van der Waals surface area contributed by atoms with Crippen LogP contribution in [0.1, 0.15) is 5.56 Å². The molecule has 1 atom stereocenters. The number of carboxylic acid groups (broad SMARTS) is 1. The van der Waals surface area contributed by atoms with Crippen LogP contribution in [-0.2, 0) is 11.2 Å². The van der Waals surface area contributed by atoms with Gasteiger partial charge in [0.05, 0.1) is 0 Å². The Morgan fingerprint density at radius 3 is 2.67 bits per heavy atom. The van der Waals surface area contributed by atoms with Gasteiger partial charge < -0.3 is 25.6 Å². The maximum Gasteiger partial charge on any atom is 0.491 e. The molecule has 0 radical (unpaired) electrons. The van der Waals surface area contributed by atoms with Gasteiger partial charge in [-0.05, 0) is 11.6 Å². The van der Waals surface area contributed by atoms with E-state index in [9.17, 15) is 9.18 Å². The summed E-state index contributed by atoms with van der Waals surface area (Å²) < 4.78 is 18.4. The number of halogens is 1. The van der Waals surface area contributed by atoms with Crippen molar-refractivity contribution in [3.8, 4) is 5.75 Å². The largest absolute Gasteiger partial charge is 0.496 e. The molecule has 1 rings (SSSR count). The van der Waals surface area contributed by atoms with E-state index < -0.39 is 24.9 Å². The Kier molecular flexibility index (Phi) is 5.08. The average molecular weight is 257 g/mol. The Morgan fingerprint density at radius 2 is 2.17 bits per heavy atom. The Hall–Kier alpha value is -1.64. The molecule has 0 aliphatic heterocycles. The van der Waals surface area contributed by atoms with E-state index in [4.69, 9.17) is 25.6 Å². The van der Waals surface area contributed by atoms with Crippen molar-refractivity contribution in [3.05, 3.63) is 29.6 Å². The quantitative estimate of drug-likeness (QED) is 0.495. The predicted octanol–water partition coefficient (Wildman–Crippen LogP) is -0.829. The average Bonchev–Trinajstić information content (AvgIpc) is 2.29. The van der Waals surface area contributed by atoms with Gasteiger partial charge in [-0.2, -0.15) is 0 Å². The van der Waals surface area contributed by atoms with Gasteiger partial charge in [-0.3, -0.25) is 4.79 Å². The fraction of sp³-hybridized carbons (Fsp3) is 0.300. The number of benzene rings is 1. The van der Waals surface area contributed by atoms with E-state index in [-0.39, 0.29) is 24.2 Å². The highest BCUT2D eigenvalue weighted by Gasteiger charge is 2.15. The molecule has 0 bridgehead atoms. The van der Waals surface area contributed by atoms with Gasteiger partial charge in [0.1, 0.15) is 24.1 Å². The summed E-state index contributed by atoms with van der Waals surface area (Å²) in [5.41, 5.74) is 5.44. The molecule has 98 valence electrons. The van der Waals surface area contributed by atoms with Crippen LogP contribution < -0.4 is 10.5 Å². The number of nitrogens with two attached hydrogens (primary N) is 1. The lowest BCUT2D eigenvalue weighted by molar-refractivity contribution is -0.138. The zero-order chi connectivity index (χ0) is 13.7. The van der Waals surface area contributed by atoms with Crippen molar-refractivity contribution in [2.24, 2.45) is 5.73 Å². The lowest BCUT2D eigenvalue weighted by atomic mass is 9.95. The number of aliphatic carboxylic acids is 1. The van der Waals surface area contributed by atoms with Crippen molar-refractivity contribution in [2.75, 3.05) is 6.51 Å². The highest BCUT2D eigenvalue weighted by Crippen LogP contribution is 2.17. The summed E-state index contributed by atoms with van der Waals surface area (Å²) in [4.78, 5) is 10.5. The van der Waals surface area contributed by atoms with Crippen LogP contribution in [-0.4, -0.2) is 40.8 Å². The highest BCUT2D eigenvalue weighted by atomic mass is 19.1. The van der Waals surface area contributed by atoms with E-state index in [1.807, 2.05) is 0 Å². The van der Waals surface area contributed by atoms with Gasteiger partial charge in [-0.15, -0.1) is 0 Å². The molecule has 1 unspecified atom stereocenters. The minimum atomic E-state index is -1.65. The van der Waals surface area contributed by atoms with Crippen molar-refractivity contribution < 1.29 is 29.1 Å². The first kappa shape index (κ1) is 14.4. The summed E-state index contributed by atoms with van der Waals surface area (Å²) in [5.74, 6) is -1.75. The minimum absolute atomic E-state index is 0.119. The normalized spacial score (nSPS) is 12.0. The molecule has 6 nitrogen and oxygen atoms in total. The Labute approximate surface area is 103 Å². The van der Waals surface area contributed by atoms with E-state index in [0.29, 0.717) is 0 Å². The van der Waals surface area contributed by atoms with Crippen LogP contribution in [0, 0.1) is 5.82 Å². The zero-order valence-electron chi connectivity index (χ0n) is 9.41. The first-order valence-corrected chi connectivity index (χ1v) is 5.16. The second-order valence-electron chi connectivity index (χ2n) is 3.69. The zero-order valence-corrected chi connectivity index (χ0v) is 9.41. The first-order valence-electron chi connectivity index (χ1n) is 5.16. The lowest BCUT2D eigenvalue weighted by Crippen LogP contribution is -2.32. The van der Waals surface area contributed by atoms with Crippen LogP contribution in [0.2, 0.25) is 0 Å². The lowest BCUT2D eigenvalue weighted by Gasteiger charge is -2.10. The molecule has 0 aliphatic rings. The second kappa shape index (κ2) is 6.34. The molecule has 8 heteroatoms. The van der Waals surface area contributed by atoms with Crippen molar-refractivity contribution in [2.45, 2.75) is 12.5 Å². The van der Waals surface area contributed by atoms with Crippen LogP contribution >= 0.6 is 0 Å². The number of hydrogen-bond acceptors (Lipinski definition) is 5. The maximum absolute atomic E-state index is 13.5. The third-order valence-corrected chi connectivity index (χ3v) is 2.18. The van der Waals surface area contributed by atoms with E-state index in [1.54, 1.807) is 0 Å². The van der Waals surface area contributed by atoms with Crippen molar-refractivity contribution in [3.63, 3.8) is 0 Å². The number of rotatable bonds is 6. The number of carboxylic acids is 1. The molecule has 0 heterocycles. The maximum atomic E-state index is 13.5. The van der Waals surface area contributed by atoms with Crippen LogP contribution in [0.15, 0.2) is 18.2 Å². The summed E-state index contributed by atoms with van der Waals surface area (Å²) in [6, 6.07) is 2.60. The molecular formula is C10H13BFNO5. The van der Waals surface area contributed by atoms with Crippen molar-refractivity contribution >= 4 is 13.1 Å². The molecule has 18 heavy (non-hydrogen) atoms. The molecule has 0 fully saturated rings.